The van der Waals surface area contributed by atoms with Crippen molar-refractivity contribution in [3.8, 4) is 6.07 Å². The number of aromatic amines is 1. The first-order valence-corrected chi connectivity index (χ1v) is 5.49. The zero-order valence-corrected chi connectivity index (χ0v) is 9.93. The number of ether oxygens (including phenoxy) is 1. The summed E-state index contributed by atoms with van der Waals surface area (Å²) in [5, 5.41) is 9.40. The van der Waals surface area contributed by atoms with E-state index in [4.69, 9.17) is 5.26 Å². The van der Waals surface area contributed by atoms with Crippen LogP contribution in [-0.2, 0) is 4.74 Å². The van der Waals surface area contributed by atoms with E-state index in [0.717, 1.165) is 16.5 Å². The van der Waals surface area contributed by atoms with Gasteiger partial charge in [0.1, 0.15) is 5.69 Å². The number of methoxy groups -OCH3 is 1. The first kappa shape index (κ1) is 11.9. The molecular formula is C14H12N2O2. The highest BCUT2D eigenvalue weighted by atomic mass is 16.5. The molecule has 0 bridgehead atoms. The first-order chi connectivity index (χ1) is 8.74. The van der Waals surface area contributed by atoms with E-state index < -0.39 is 0 Å². The molecule has 0 atom stereocenters. The van der Waals surface area contributed by atoms with Crippen molar-refractivity contribution in [2.45, 2.75) is 6.42 Å². The molecule has 1 aromatic carbocycles. The summed E-state index contributed by atoms with van der Waals surface area (Å²) < 4.78 is 4.66. The Labute approximate surface area is 104 Å². The minimum Gasteiger partial charge on any atom is -0.464 e. The predicted molar refractivity (Wildman–Crippen MR) is 68.9 cm³/mol. The van der Waals surface area contributed by atoms with Crippen molar-refractivity contribution in [2.75, 3.05) is 7.11 Å². The second-order valence-electron chi connectivity index (χ2n) is 3.79. The Morgan fingerprint density at radius 2 is 2.33 bits per heavy atom. The fraction of sp³-hybridized carbons (Fsp3) is 0.143. The summed E-state index contributed by atoms with van der Waals surface area (Å²) in [5.41, 5.74) is 2.29. The number of fused-ring (bicyclic) bond motifs is 1. The van der Waals surface area contributed by atoms with Crippen molar-refractivity contribution < 1.29 is 9.53 Å². The predicted octanol–water partition coefficient (Wildman–Crippen LogP) is 2.88. The average Bonchev–Trinajstić information content (AvgIpc) is 2.81. The lowest BCUT2D eigenvalue weighted by molar-refractivity contribution is 0.0595. The van der Waals surface area contributed by atoms with Gasteiger partial charge in [-0.2, -0.15) is 5.26 Å². The third-order valence-corrected chi connectivity index (χ3v) is 2.57. The van der Waals surface area contributed by atoms with Gasteiger partial charge in [0.25, 0.3) is 0 Å². The van der Waals surface area contributed by atoms with E-state index in [0.29, 0.717) is 12.1 Å². The number of aromatic nitrogens is 1. The van der Waals surface area contributed by atoms with Gasteiger partial charge in [0, 0.05) is 10.9 Å². The molecule has 1 heterocycles. The van der Waals surface area contributed by atoms with E-state index in [1.54, 1.807) is 12.1 Å². The molecule has 0 saturated carbocycles. The Balaban J connectivity index is 2.34. The van der Waals surface area contributed by atoms with Gasteiger partial charge in [-0.3, -0.25) is 0 Å². The van der Waals surface area contributed by atoms with E-state index >= 15 is 0 Å². The van der Waals surface area contributed by atoms with Crippen LogP contribution in [0.25, 0.3) is 17.0 Å². The smallest absolute Gasteiger partial charge is 0.354 e. The van der Waals surface area contributed by atoms with Gasteiger partial charge in [0.05, 0.1) is 19.6 Å². The molecule has 0 aliphatic heterocycles. The van der Waals surface area contributed by atoms with Crippen LogP contribution in [0.1, 0.15) is 22.5 Å². The number of hydrogen-bond donors (Lipinski definition) is 1. The van der Waals surface area contributed by atoms with Crippen LogP contribution in [-0.4, -0.2) is 18.1 Å². The standard InChI is InChI=1S/C14H12N2O2/c1-18-14(17)13-9-11-6-5-10(4-2-3-7-15)8-12(11)16-13/h2,4-6,8-9,16H,3H2,1H3. The summed E-state index contributed by atoms with van der Waals surface area (Å²) in [6, 6.07) is 9.58. The van der Waals surface area contributed by atoms with Crippen LogP contribution >= 0.6 is 0 Å². The van der Waals surface area contributed by atoms with Gasteiger partial charge < -0.3 is 9.72 Å². The Morgan fingerprint density at radius 3 is 3.06 bits per heavy atom. The van der Waals surface area contributed by atoms with Crippen molar-refractivity contribution in [3.05, 3.63) is 41.6 Å². The molecule has 0 spiro atoms. The molecule has 0 amide bonds. The van der Waals surface area contributed by atoms with Crippen molar-refractivity contribution in [1.82, 2.24) is 4.98 Å². The van der Waals surface area contributed by atoms with Gasteiger partial charge in [0.15, 0.2) is 0 Å². The molecule has 1 aromatic heterocycles. The summed E-state index contributed by atoms with van der Waals surface area (Å²) in [7, 11) is 1.35. The van der Waals surface area contributed by atoms with Crippen molar-refractivity contribution >= 4 is 22.9 Å². The zero-order chi connectivity index (χ0) is 13.0. The molecule has 0 fully saturated rings. The van der Waals surface area contributed by atoms with Gasteiger partial charge >= 0.3 is 5.97 Å². The third-order valence-electron chi connectivity index (χ3n) is 2.57. The van der Waals surface area contributed by atoms with Gasteiger partial charge in [0.2, 0.25) is 0 Å². The second kappa shape index (κ2) is 5.19. The highest BCUT2D eigenvalue weighted by molar-refractivity contribution is 5.95. The Kier molecular flexibility index (Phi) is 3.44. The molecular weight excluding hydrogens is 228 g/mol. The third kappa shape index (κ3) is 2.41. The number of carbonyl (C=O) groups excluding carboxylic acids is 1. The molecule has 0 radical (unpaired) electrons. The van der Waals surface area contributed by atoms with Gasteiger partial charge in [-0.05, 0) is 17.7 Å². The van der Waals surface area contributed by atoms with E-state index in [9.17, 15) is 4.79 Å². The quantitative estimate of drug-likeness (QED) is 0.839. The number of H-pyrrole nitrogens is 1. The first-order valence-electron chi connectivity index (χ1n) is 5.49. The maximum absolute atomic E-state index is 11.4. The number of hydrogen-bond acceptors (Lipinski definition) is 3. The topological polar surface area (TPSA) is 65.9 Å². The highest BCUT2D eigenvalue weighted by Gasteiger charge is 2.08. The fourth-order valence-electron chi connectivity index (χ4n) is 1.72. The van der Waals surface area contributed by atoms with Crippen molar-refractivity contribution in [1.29, 1.82) is 5.26 Å². The van der Waals surface area contributed by atoms with Crippen LogP contribution in [0.2, 0.25) is 0 Å². The molecule has 0 unspecified atom stereocenters. The van der Waals surface area contributed by atoms with E-state index in [1.165, 1.54) is 7.11 Å². The number of rotatable bonds is 3. The number of esters is 1. The lowest BCUT2D eigenvalue weighted by Crippen LogP contribution is -2.00. The van der Waals surface area contributed by atoms with Gasteiger partial charge in [-0.1, -0.05) is 24.3 Å². The maximum atomic E-state index is 11.4. The summed E-state index contributed by atoms with van der Waals surface area (Å²) in [6.07, 6.45) is 4.06. The van der Waals surface area contributed by atoms with Gasteiger partial charge in [-0.25, -0.2) is 4.79 Å². The van der Waals surface area contributed by atoms with E-state index in [1.807, 2.05) is 30.3 Å². The molecule has 0 aliphatic carbocycles. The lowest BCUT2D eigenvalue weighted by Gasteiger charge is -1.94. The van der Waals surface area contributed by atoms with Crippen LogP contribution in [0.3, 0.4) is 0 Å². The molecule has 4 heteroatoms. The minimum absolute atomic E-state index is 0.382. The zero-order valence-electron chi connectivity index (χ0n) is 9.93. The monoisotopic (exact) mass is 240 g/mol. The molecule has 1 N–H and O–H groups in total. The van der Waals surface area contributed by atoms with Crippen LogP contribution in [0, 0.1) is 11.3 Å². The van der Waals surface area contributed by atoms with Crippen LogP contribution < -0.4 is 0 Å². The van der Waals surface area contributed by atoms with Crippen molar-refractivity contribution in [2.24, 2.45) is 0 Å². The summed E-state index contributed by atoms with van der Waals surface area (Å²) in [6.45, 7) is 0. The molecule has 90 valence electrons. The van der Waals surface area contributed by atoms with Crippen LogP contribution in [0.5, 0.6) is 0 Å². The number of nitrogens with zero attached hydrogens (tertiary/aromatic N) is 1. The van der Waals surface area contributed by atoms with Crippen molar-refractivity contribution in [3.63, 3.8) is 0 Å². The Morgan fingerprint density at radius 1 is 1.50 bits per heavy atom. The van der Waals surface area contributed by atoms with Crippen LogP contribution in [0.4, 0.5) is 0 Å². The normalized spacial score (nSPS) is 10.7. The van der Waals surface area contributed by atoms with E-state index in [2.05, 4.69) is 9.72 Å². The molecule has 18 heavy (non-hydrogen) atoms. The number of nitriles is 1. The number of benzene rings is 1. The largest absolute Gasteiger partial charge is 0.464 e. The highest BCUT2D eigenvalue weighted by Crippen LogP contribution is 2.18. The Bertz CT molecular complexity index is 647. The number of allylic oxidation sites excluding steroid dienone is 1. The number of carbonyl (C=O) groups is 1. The summed E-state index contributed by atoms with van der Waals surface area (Å²) in [4.78, 5) is 14.4. The summed E-state index contributed by atoms with van der Waals surface area (Å²) in [5.74, 6) is -0.382. The van der Waals surface area contributed by atoms with Crippen LogP contribution in [0.15, 0.2) is 30.3 Å². The molecule has 4 nitrogen and oxygen atoms in total. The van der Waals surface area contributed by atoms with Gasteiger partial charge in [-0.15, -0.1) is 0 Å². The maximum Gasteiger partial charge on any atom is 0.354 e. The molecule has 0 aliphatic rings. The second-order valence-corrected chi connectivity index (χ2v) is 3.79. The molecule has 2 rings (SSSR count). The lowest BCUT2D eigenvalue weighted by atomic mass is 10.1. The fourth-order valence-corrected chi connectivity index (χ4v) is 1.72. The summed E-state index contributed by atoms with van der Waals surface area (Å²) >= 11 is 0. The SMILES string of the molecule is COC(=O)c1cc2ccc(C=CCC#N)cc2[nH]1. The minimum atomic E-state index is -0.382. The molecule has 2 aromatic rings. The average molecular weight is 240 g/mol. The Hall–Kier alpha value is -2.54. The van der Waals surface area contributed by atoms with E-state index in [-0.39, 0.29) is 5.97 Å². The number of nitrogens with one attached hydrogen (secondary N) is 1. The molecule has 0 saturated heterocycles.